The molecule has 0 saturated carbocycles. The summed E-state index contributed by atoms with van der Waals surface area (Å²) >= 11 is 0. The third-order valence-corrected chi connectivity index (χ3v) is 6.45. The molecule has 2 aromatic rings. The first-order valence-corrected chi connectivity index (χ1v) is 11.3. The largest absolute Gasteiger partial charge is 0.493 e. The van der Waals surface area contributed by atoms with Gasteiger partial charge in [0.25, 0.3) is 5.91 Å². The van der Waals surface area contributed by atoms with Crippen molar-refractivity contribution < 1.29 is 27.5 Å². The van der Waals surface area contributed by atoms with Crippen LogP contribution in [0.15, 0.2) is 40.4 Å². The van der Waals surface area contributed by atoms with Gasteiger partial charge in [0.05, 0.1) is 24.8 Å². The zero-order valence-corrected chi connectivity index (χ0v) is 19.9. The zero-order chi connectivity index (χ0) is 23.9. The van der Waals surface area contributed by atoms with Crippen molar-refractivity contribution in [3.63, 3.8) is 0 Å². The first-order valence-electron chi connectivity index (χ1n) is 9.90. The predicted molar refractivity (Wildman–Crippen MR) is 123 cm³/mol. The van der Waals surface area contributed by atoms with Gasteiger partial charge in [0.15, 0.2) is 18.1 Å². The smallest absolute Gasteiger partial charge is 0.265 e. The highest BCUT2D eigenvalue weighted by Gasteiger charge is 2.20. The number of ether oxygens (including phenoxy) is 2. The molecule has 0 unspecified atom stereocenters. The number of aryl methyl sites for hydroxylation is 1. The lowest BCUT2D eigenvalue weighted by atomic mass is 10.1. The Morgan fingerprint density at radius 2 is 1.88 bits per heavy atom. The molecular formula is C22H29N3O6S. The van der Waals surface area contributed by atoms with Crippen LogP contribution in [-0.4, -0.2) is 59.3 Å². The summed E-state index contributed by atoms with van der Waals surface area (Å²) in [6.45, 7) is 5.65. The summed E-state index contributed by atoms with van der Waals surface area (Å²) in [5.41, 5.74) is 2.62. The highest BCUT2D eigenvalue weighted by Crippen LogP contribution is 2.27. The second-order valence-electron chi connectivity index (χ2n) is 7.10. The number of anilines is 1. The first kappa shape index (κ1) is 25.2. The maximum atomic E-state index is 12.4. The number of carbonyl (C=O) groups is 1. The van der Waals surface area contributed by atoms with Crippen LogP contribution >= 0.6 is 0 Å². The molecule has 0 aliphatic rings. The van der Waals surface area contributed by atoms with Gasteiger partial charge in [-0.3, -0.25) is 4.79 Å². The third-order valence-electron chi connectivity index (χ3n) is 4.65. The van der Waals surface area contributed by atoms with E-state index in [0.29, 0.717) is 29.4 Å². The van der Waals surface area contributed by atoms with E-state index in [9.17, 15) is 13.2 Å². The van der Waals surface area contributed by atoms with Crippen LogP contribution in [0.25, 0.3) is 0 Å². The normalized spacial score (nSPS) is 11.6. The number of hydrogen-bond acceptors (Lipinski definition) is 7. The topological polar surface area (TPSA) is 107 Å². The number of carbonyl (C=O) groups excluding carboxylic acids is 1. The van der Waals surface area contributed by atoms with Crippen LogP contribution in [0.2, 0.25) is 0 Å². The molecular weight excluding hydrogens is 434 g/mol. The summed E-state index contributed by atoms with van der Waals surface area (Å²) in [6, 6.07) is 8.29. The van der Waals surface area contributed by atoms with Crippen LogP contribution in [-0.2, 0) is 19.7 Å². The van der Waals surface area contributed by atoms with Crippen molar-refractivity contribution in [1.82, 2.24) is 4.31 Å². The van der Waals surface area contributed by atoms with Gasteiger partial charge in [0.2, 0.25) is 10.0 Å². The molecule has 9 nitrogen and oxygen atoms in total. The second kappa shape index (κ2) is 11.0. The molecule has 0 heterocycles. The minimum absolute atomic E-state index is 0.101. The molecule has 0 radical (unpaired) electrons. The molecule has 10 heteroatoms. The van der Waals surface area contributed by atoms with Crippen molar-refractivity contribution in [1.29, 1.82) is 0 Å². The molecule has 1 N–H and O–H groups in total. The molecule has 32 heavy (non-hydrogen) atoms. The van der Waals surface area contributed by atoms with Gasteiger partial charge in [-0.15, -0.1) is 0 Å². The number of methoxy groups -OCH3 is 1. The highest BCUT2D eigenvalue weighted by molar-refractivity contribution is 7.89. The molecule has 174 valence electrons. The van der Waals surface area contributed by atoms with Crippen LogP contribution in [0.4, 0.5) is 5.69 Å². The fourth-order valence-electron chi connectivity index (χ4n) is 2.74. The quantitative estimate of drug-likeness (QED) is 0.429. The molecule has 0 aliphatic heterocycles. The lowest BCUT2D eigenvalue weighted by Crippen LogP contribution is -2.23. The van der Waals surface area contributed by atoms with Crippen molar-refractivity contribution >= 4 is 27.8 Å². The molecule has 0 atom stereocenters. The van der Waals surface area contributed by atoms with Gasteiger partial charge in [-0.25, -0.2) is 12.7 Å². The summed E-state index contributed by atoms with van der Waals surface area (Å²) in [7, 11) is 0.819. The summed E-state index contributed by atoms with van der Waals surface area (Å²) in [6.07, 6.45) is 1.45. The number of benzene rings is 2. The van der Waals surface area contributed by atoms with Gasteiger partial charge in [-0.05, 0) is 62.2 Å². The summed E-state index contributed by atoms with van der Waals surface area (Å²) < 4.78 is 36.7. The summed E-state index contributed by atoms with van der Waals surface area (Å²) in [5, 5.41) is 6.49. The molecule has 2 rings (SSSR count). The van der Waals surface area contributed by atoms with E-state index >= 15 is 0 Å². The number of sulfonamides is 1. The Morgan fingerprint density at radius 3 is 2.50 bits per heavy atom. The van der Waals surface area contributed by atoms with Gasteiger partial charge in [-0.1, -0.05) is 5.16 Å². The van der Waals surface area contributed by atoms with E-state index in [2.05, 4.69) is 10.5 Å². The van der Waals surface area contributed by atoms with E-state index < -0.39 is 15.9 Å². The Labute approximate surface area is 189 Å². The van der Waals surface area contributed by atoms with Gasteiger partial charge in [0, 0.05) is 25.3 Å². The van der Waals surface area contributed by atoms with Gasteiger partial charge >= 0.3 is 0 Å². The van der Waals surface area contributed by atoms with Gasteiger partial charge in [-0.2, -0.15) is 0 Å². The lowest BCUT2D eigenvalue weighted by Gasteiger charge is -2.16. The van der Waals surface area contributed by atoms with E-state index in [1.54, 1.807) is 45.2 Å². The monoisotopic (exact) mass is 463 g/mol. The predicted octanol–water partition coefficient (Wildman–Crippen LogP) is 2.95. The zero-order valence-electron chi connectivity index (χ0n) is 19.1. The number of rotatable bonds is 10. The molecule has 0 spiro atoms. The van der Waals surface area contributed by atoms with Crippen LogP contribution in [0, 0.1) is 13.8 Å². The molecule has 0 fully saturated rings. The maximum absolute atomic E-state index is 12.4. The molecule has 0 aromatic heterocycles. The summed E-state index contributed by atoms with van der Waals surface area (Å²) in [5.74, 6) is 0.719. The SMILES string of the molecule is CCOc1ccc(/C=N/OCC(=O)Nc2cc(S(=O)(=O)N(C)C)cc(C)c2C)cc1OC. The van der Waals surface area contributed by atoms with Crippen LogP contribution < -0.4 is 14.8 Å². The second-order valence-corrected chi connectivity index (χ2v) is 9.25. The van der Waals surface area contributed by atoms with Crippen molar-refractivity contribution in [2.24, 2.45) is 5.16 Å². The number of amides is 1. The number of oxime groups is 1. The minimum atomic E-state index is -3.63. The first-order chi connectivity index (χ1) is 15.1. The van der Waals surface area contributed by atoms with E-state index in [1.165, 1.54) is 26.4 Å². The fourth-order valence-corrected chi connectivity index (χ4v) is 3.75. The average molecular weight is 464 g/mol. The Morgan fingerprint density at radius 1 is 1.16 bits per heavy atom. The Bertz CT molecular complexity index is 1100. The van der Waals surface area contributed by atoms with Crippen LogP contribution in [0.1, 0.15) is 23.6 Å². The Hall–Kier alpha value is -3.11. The molecule has 2 aromatic carbocycles. The van der Waals surface area contributed by atoms with Crippen molar-refractivity contribution in [2.45, 2.75) is 25.7 Å². The van der Waals surface area contributed by atoms with E-state index in [0.717, 1.165) is 15.4 Å². The van der Waals surface area contributed by atoms with Gasteiger partial charge < -0.3 is 19.6 Å². The minimum Gasteiger partial charge on any atom is -0.493 e. The number of nitrogens with one attached hydrogen (secondary N) is 1. The van der Waals surface area contributed by atoms with E-state index in [1.807, 2.05) is 6.92 Å². The summed E-state index contributed by atoms with van der Waals surface area (Å²) in [4.78, 5) is 17.5. The molecule has 0 aliphatic carbocycles. The lowest BCUT2D eigenvalue weighted by molar-refractivity contribution is -0.120. The van der Waals surface area contributed by atoms with Crippen molar-refractivity contribution in [3.05, 3.63) is 47.0 Å². The van der Waals surface area contributed by atoms with E-state index in [4.69, 9.17) is 14.3 Å². The number of hydrogen-bond donors (Lipinski definition) is 1. The van der Waals surface area contributed by atoms with Crippen LogP contribution in [0.5, 0.6) is 11.5 Å². The Kier molecular flexibility index (Phi) is 8.62. The van der Waals surface area contributed by atoms with E-state index in [-0.39, 0.29) is 11.5 Å². The standard InChI is InChI=1S/C22H29N3O6S/c1-7-30-20-9-8-17(11-21(20)29-6)13-23-31-14-22(26)24-19-12-18(10-15(2)16(19)3)32(27,28)25(4)5/h8-13H,7,14H2,1-6H3,(H,24,26)/b23-13+. The van der Waals surface area contributed by atoms with Crippen molar-refractivity contribution in [3.8, 4) is 11.5 Å². The maximum Gasteiger partial charge on any atom is 0.265 e. The Balaban J connectivity index is 2.04. The average Bonchev–Trinajstić information content (AvgIpc) is 2.75. The molecule has 0 bridgehead atoms. The van der Waals surface area contributed by atoms with Crippen LogP contribution in [0.3, 0.4) is 0 Å². The third kappa shape index (κ3) is 6.21. The van der Waals surface area contributed by atoms with Crippen molar-refractivity contribution in [2.75, 3.05) is 39.7 Å². The fraction of sp³-hybridized carbons (Fsp3) is 0.364. The molecule has 1 amide bonds. The van der Waals surface area contributed by atoms with Gasteiger partial charge in [0.1, 0.15) is 0 Å². The molecule has 0 saturated heterocycles. The number of nitrogens with zero attached hydrogens (tertiary/aromatic N) is 2. The highest BCUT2D eigenvalue weighted by atomic mass is 32.2.